The van der Waals surface area contributed by atoms with E-state index in [4.69, 9.17) is 5.73 Å². The lowest BCUT2D eigenvalue weighted by Gasteiger charge is -2.42. The van der Waals surface area contributed by atoms with E-state index in [0.717, 1.165) is 29.7 Å². The molecule has 1 fully saturated rings. The Balaban J connectivity index is 1.89. The highest BCUT2D eigenvalue weighted by atomic mass is 16.1. The third kappa shape index (κ3) is 2.71. The van der Waals surface area contributed by atoms with Crippen molar-refractivity contribution in [2.75, 3.05) is 6.54 Å². The van der Waals surface area contributed by atoms with Gasteiger partial charge in [0.1, 0.15) is 0 Å². The van der Waals surface area contributed by atoms with Crippen molar-refractivity contribution in [3.8, 4) is 0 Å². The summed E-state index contributed by atoms with van der Waals surface area (Å²) < 4.78 is 0. The molecule has 3 heteroatoms. The largest absolute Gasteiger partial charge is 0.352 e. The summed E-state index contributed by atoms with van der Waals surface area (Å²) in [5, 5.41) is 2.92. The molecule has 0 bridgehead atoms. The Kier molecular flexibility index (Phi) is 3.78. The fourth-order valence-electron chi connectivity index (χ4n) is 4.06. The number of nitrogens with two attached hydrogens (primary N) is 1. The van der Waals surface area contributed by atoms with E-state index in [1.807, 2.05) is 6.07 Å². The van der Waals surface area contributed by atoms with Crippen LogP contribution in [0.4, 0.5) is 0 Å². The topological polar surface area (TPSA) is 55.1 Å². The Labute approximate surface area is 127 Å². The number of rotatable bonds is 2. The van der Waals surface area contributed by atoms with Gasteiger partial charge in [-0.3, -0.25) is 4.79 Å². The lowest BCUT2D eigenvalue weighted by Crippen LogP contribution is -2.37. The van der Waals surface area contributed by atoms with Crippen LogP contribution >= 0.6 is 0 Å². The molecular formula is C18H26N2O. The van der Waals surface area contributed by atoms with Gasteiger partial charge in [-0.15, -0.1) is 0 Å². The molecule has 3 N–H and O–H groups in total. The Morgan fingerprint density at radius 3 is 2.90 bits per heavy atom. The summed E-state index contributed by atoms with van der Waals surface area (Å²) in [5.41, 5.74) is 9.97. The molecule has 0 saturated heterocycles. The molecule has 1 heterocycles. The highest BCUT2D eigenvalue weighted by Gasteiger charge is 2.36. The monoisotopic (exact) mass is 286 g/mol. The van der Waals surface area contributed by atoms with Gasteiger partial charge in [-0.25, -0.2) is 0 Å². The molecule has 1 aliphatic carbocycles. The number of benzene rings is 1. The van der Waals surface area contributed by atoms with Gasteiger partial charge in [0.05, 0.1) is 0 Å². The minimum atomic E-state index is 0.0281. The minimum absolute atomic E-state index is 0.0281. The summed E-state index contributed by atoms with van der Waals surface area (Å²) in [7, 11) is 0. The molecule has 0 aromatic heterocycles. The zero-order valence-electron chi connectivity index (χ0n) is 13.1. The highest BCUT2D eigenvalue weighted by Crippen LogP contribution is 2.46. The van der Waals surface area contributed by atoms with Crippen LogP contribution in [0.1, 0.15) is 67.1 Å². The van der Waals surface area contributed by atoms with Gasteiger partial charge < -0.3 is 11.1 Å². The van der Waals surface area contributed by atoms with E-state index in [1.54, 1.807) is 0 Å². The molecule has 1 saturated carbocycles. The molecule has 2 unspecified atom stereocenters. The molecule has 3 rings (SSSR count). The number of amides is 1. The molecular weight excluding hydrogens is 260 g/mol. The lowest BCUT2D eigenvalue weighted by atomic mass is 9.65. The van der Waals surface area contributed by atoms with E-state index in [-0.39, 0.29) is 17.4 Å². The second-order valence-electron chi connectivity index (χ2n) is 7.29. The van der Waals surface area contributed by atoms with Crippen molar-refractivity contribution in [3.63, 3.8) is 0 Å². The zero-order valence-corrected chi connectivity index (χ0v) is 13.1. The fourth-order valence-corrected chi connectivity index (χ4v) is 4.06. The summed E-state index contributed by atoms with van der Waals surface area (Å²) in [6.45, 7) is 5.41. The van der Waals surface area contributed by atoms with E-state index < -0.39 is 0 Å². The molecule has 1 amide bonds. The van der Waals surface area contributed by atoms with Crippen molar-refractivity contribution in [3.05, 3.63) is 34.9 Å². The number of nitrogens with one attached hydrogen (secondary N) is 1. The van der Waals surface area contributed by atoms with E-state index in [2.05, 4.69) is 31.3 Å². The van der Waals surface area contributed by atoms with Crippen molar-refractivity contribution in [2.24, 2.45) is 17.1 Å². The predicted octanol–water partition coefficient (Wildman–Crippen LogP) is 3.19. The summed E-state index contributed by atoms with van der Waals surface area (Å²) >= 11 is 0. The van der Waals surface area contributed by atoms with Gasteiger partial charge in [0.15, 0.2) is 0 Å². The predicted molar refractivity (Wildman–Crippen MR) is 85.1 cm³/mol. The molecule has 1 aliphatic heterocycles. The second-order valence-corrected chi connectivity index (χ2v) is 7.29. The molecule has 2 atom stereocenters. The molecule has 114 valence electrons. The van der Waals surface area contributed by atoms with Gasteiger partial charge in [0, 0.05) is 18.2 Å². The van der Waals surface area contributed by atoms with Gasteiger partial charge in [-0.1, -0.05) is 38.8 Å². The number of fused-ring (bicyclic) bond motifs is 1. The van der Waals surface area contributed by atoms with Crippen LogP contribution in [0, 0.1) is 11.3 Å². The lowest BCUT2D eigenvalue weighted by molar-refractivity contribution is 0.0945. The first-order valence-electron chi connectivity index (χ1n) is 8.16. The van der Waals surface area contributed by atoms with Crippen LogP contribution in [0.3, 0.4) is 0 Å². The summed E-state index contributed by atoms with van der Waals surface area (Å²) in [6.07, 6.45) is 5.94. The Bertz CT molecular complexity index is 550. The number of hydrogen-bond donors (Lipinski definition) is 2. The van der Waals surface area contributed by atoms with Crippen molar-refractivity contribution in [2.45, 2.75) is 52.0 Å². The molecule has 2 aliphatic rings. The Morgan fingerprint density at radius 2 is 2.14 bits per heavy atom. The molecule has 1 aromatic rings. The van der Waals surface area contributed by atoms with Crippen LogP contribution in [-0.4, -0.2) is 12.5 Å². The molecule has 3 nitrogen and oxygen atoms in total. The number of carbonyl (C=O) groups excluding carboxylic acids is 1. The van der Waals surface area contributed by atoms with Crippen LogP contribution in [0.15, 0.2) is 18.2 Å². The summed E-state index contributed by atoms with van der Waals surface area (Å²) in [5.74, 6) is 0.546. The standard InChI is InChI=1S/C18H26N2O/c1-18(2)9-4-3-5-15(18)16(19)13-7-6-12-8-10-20-17(21)14(12)11-13/h6-7,11,15-16H,3-5,8-10,19H2,1-2H3,(H,20,21). The normalized spacial score (nSPS) is 25.9. The van der Waals surface area contributed by atoms with Gasteiger partial charge >= 0.3 is 0 Å². The van der Waals surface area contributed by atoms with Crippen molar-refractivity contribution < 1.29 is 4.79 Å². The van der Waals surface area contributed by atoms with Gasteiger partial charge in [0.2, 0.25) is 0 Å². The van der Waals surface area contributed by atoms with E-state index >= 15 is 0 Å². The number of hydrogen-bond acceptors (Lipinski definition) is 2. The Morgan fingerprint density at radius 1 is 1.33 bits per heavy atom. The highest BCUT2D eigenvalue weighted by molar-refractivity contribution is 5.96. The zero-order chi connectivity index (χ0) is 15.0. The average Bonchev–Trinajstić information content (AvgIpc) is 2.46. The van der Waals surface area contributed by atoms with Crippen LogP contribution < -0.4 is 11.1 Å². The maximum atomic E-state index is 12.0. The third-order valence-electron chi connectivity index (χ3n) is 5.47. The molecule has 21 heavy (non-hydrogen) atoms. The quantitative estimate of drug-likeness (QED) is 0.877. The third-order valence-corrected chi connectivity index (χ3v) is 5.47. The first-order chi connectivity index (χ1) is 9.99. The van der Waals surface area contributed by atoms with Gasteiger partial charge in [-0.2, -0.15) is 0 Å². The van der Waals surface area contributed by atoms with Crippen molar-refractivity contribution >= 4 is 5.91 Å². The minimum Gasteiger partial charge on any atom is -0.352 e. The van der Waals surface area contributed by atoms with Crippen LogP contribution in [0.5, 0.6) is 0 Å². The first-order valence-corrected chi connectivity index (χ1v) is 8.16. The van der Waals surface area contributed by atoms with Crippen molar-refractivity contribution in [1.82, 2.24) is 5.32 Å². The smallest absolute Gasteiger partial charge is 0.251 e. The van der Waals surface area contributed by atoms with Gasteiger partial charge in [0.25, 0.3) is 5.91 Å². The summed E-state index contributed by atoms with van der Waals surface area (Å²) in [4.78, 5) is 12.0. The molecule has 0 spiro atoms. The Hall–Kier alpha value is -1.35. The van der Waals surface area contributed by atoms with Crippen molar-refractivity contribution in [1.29, 1.82) is 0 Å². The van der Waals surface area contributed by atoms with Crippen LogP contribution in [0.2, 0.25) is 0 Å². The fraction of sp³-hybridized carbons (Fsp3) is 0.611. The van der Waals surface area contributed by atoms with Crippen LogP contribution in [0.25, 0.3) is 0 Å². The first kappa shape index (κ1) is 14.6. The average molecular weight is 286 g/mol. The van der Waals surface area contributed by atoms with E-state index in [9.17, 15) is 4.79 Å². The second kappa shape index (κ2) is 5.45. The molecule has 0 radical (unpaired) electrons. The van der Waals surface area contributed by atoms with Gasteiger partial charge in [-0.05, 0) is 47.8 Å². The van der Waals surface area contributed by atoms with E-state index in [1.165, 1.54) is 25.7 Å². The van der Waals surface area contributed by atoms with E-state index in [0.29, 0.717) is 5.92 Å². The number of carbonyl (C=O) groups is 1. The maximum Gasteiger partial charge on any atom is 0.251 e. The maximum absolute atomic E-state index is 12.0. The SMILES string of the molecule is CC1(C)CCCCC1C(N)c1ccc2c(c1)C(=O)NCC2. The van der Waals surface area contributed by atoms with Crippen LogP contribution in [-0.2, 0) is 6.42 Å². The molecule has 1 aromatic carbocycles. The summed E-state index contributed by atoms with van der Waals surface area (Å²) in [6, 6.07) is 6.28.